The van der Waals surface area contributed by atoms with Crippen LogP contribution in [0.3, 0.4) is 0 Å². The van der Waals surface area contributed by atoms with E-state index in [1.165, 1.54) is 6.92 Å². The van der Waals surface area contributed by atoms with Gasteiger partial charge in [-0.25, -0.2) is 0 Å². The average molecular weight is 185 g/mol. The molecule has 1 rings (SSSR count). The monoisotopic (exact) mass is 185 g/mol. The Labute approximate surface area is 76.9 Å². The van der Waals surface area contributed by atoms with Crippen LogP contribution in [0.4, 0.5) is 0 Å². The van der Waals surface area contributed by atoms with Gasteiger partial charge in [-0.1, -0.05) is 13.8 Å². The molecule has 0 aromatic heterocycles. The van der Waals surface area contributed by atoms with Crippen molar-refractivity contribution in [2.45, 2.75) is 20.8 Å². The van der Waals surface area contributed by atoms with Gasteiger partial charge in [-0.15, -0.1) is 0 Å². The van der Waals surface area contributed by atoms with Gasteiger partial charge in [0.25, 0.3) is 0 Å². The van der Waals surface area contributed by atoms with Crippen molar-refractivity contribution in [3.63, 3.8) is 0 Å². The Morgan fingerprint density at radius 2 is 2.00 bits per heavy atom. The van der Waals surface area contributed by atoms with Crippen molar-refractivity contribution in [1.82, 2.24) is 0 Å². The fourth-order valence-electron chi connectivity index (χ4n) is 1.73. The zero-order valence-corrected chi connectivity index (χ0v) is 7.99. The zero-order valence-electron chi connectivity index (χ0n) is 7.99. The predicted octanol–water partition coefficient (Wildman–Crippen LogP) is -0.428. The Bertz CT molecular complexity index is 244. The lowest BCUT2D eigenvalue weighted by Crippen LogP contribution is -2.26. The number of esters is 1. The Morgan fingerprint density at radius 1 is 1.46 bits per heavy atom. The lowest BCUT2D eigenvalue weighted by molar-refractivity contribution is -0.309. The Hall–Kier alpha value is -1.06. The van der Waals surface area contributed by atoms with E-state index in [0.29, 0.717) is 0 Å². The van der Waals surface area contributed by atoms with Gasteiger partial charge in [-0.3, -0.25) is 4.79 Å². The van der Waals surface area contributed by atoms with Crippen molar-refractivity contribution >= 4 is 11.9 Å². The molecule has 0 radical (unpaired) electrons. The molecule has 0 aliphatic heterocycles. The first kappa shape index (κ1) is 10.0. The summed E-state index contributed by atoms with van der Waals surface area (Å²) in [4.78, 5) is 21.1. The number of carboxylic acids is 1. The number of aliphatic carboxylic acids is 1. The average Bonchev–Trinajstić information content (AvgIpc) is 2.48. The number of carbonyl (C=O) groups excluding carboxylic acids is 2. The van der Waals surface area contributed by atoms with E-state index in [-0.39, 0.29) is 23.9 Å². The summed E-state index contributed by atoms with van der Waals surface area (Å²) >= 11 is 0. The van der Waals surface area contributed by atoms with Crippen LogP contribution in [0.5, 0.6) is 0 Å². The molecule has 1 fully saturated rings. The van der Waals surface area contributed by atoms with E-state index in [9.17, 15) is 14.7 Å². The number of hydrogen-bond donors (Lipinski definition) is 0. The smallest absolute Gasteiger partial charge is 0.302 e. The van der Waals surface area contributed by atoms with Gasteiger partial charge in [0.1, 0.15) is 0 Å². The SMILES string of the molecule is CC(=O)OCC1C(C(=O)[O-])C1(C)C. The van der Waals surface area contributed by atoms with E-state index in [4.69, 9.17) is 4.74 Å². The molecule has 1 aliphatic carbocycles. The quantitative estimate of drug-likeness (QED) is 0.560. The summed E-state index contributed by atoms with van der Waals surface area (Å²) in [6.07, 6.45) is 0. The lowest BCUT2D eigenvalue weighted by atomic mass is 10.1. The van der Waals surface area contributed by atoms with Crippen LogP contribution in [-0.4, -0.2) is 18.5 Å². The third kappa shape index (κ3) is 1.82. The first-order valence-corrected chi connectivity index (χ1v) is 4.21. The second kappa shape index (κ2) is 3.01. The van der Waals surface area contributed by atoms with E-state index in [2.05, 4.69) is 0 Å². The maximum atomic E-state index is 10.6. The zero-order chi connectivity index (χ0) is 10.2. The topological polar surface area (TPSA) is 66.4 Å². The molecule has 0 heterocycles. The normalized spacial score (nSPS) is 29.5. The van der Waals surface area contributed by atoms with Gasteiger partial charge in [0, 0.05) is 24.7 Å². The number of ether oxygens (including phenoxy) is 1. The van der Waals surface area contributed by atoms with E-state index >= 15 is 0 Å². The maximum absolute atomic E-state index is 10.6. The highest BCUT2D eigenvalue weighted by atomic mass is 16.5. The van der Waals surface area contributed by atoms with Crippen molar-refractivity contribution < 1.29 is 19.4 Å². The van der Waals surface area contributed by atoms with Gasteiger partial charge in [0.15, 0.2) is 0 Å². The molecule has 74 valence electrons. The molecular formula is C9H13O4-. The molecule has 1 saturated carbocycles. The van der Waals surface area contributed by atoms with Gasteiger partial charge >= 0.3 is 5.97 Å². The van der Waals surface area contributed by atoms with Crippen LogP contribution in [0.2, 0.25) is 0 Å². The summed E-state index contributed by atoms with van der Waals surface area (Å²) in [5.74, 6) is -2.00. The van der Waals surface area contributed by atoms with Gasteiger partial charge in [-0.2, -0.15) is 0 Å². The molecule has 13 heavy (non-hydrogen) atoms. The van der Waals surface area contributed by atoms with E-state index in [1.807, 2.05) is 13.8 Å². The van der Waals surface area contributed by atoms with Gasteiger partial charge in [0.05, 0.1) is 6.61 Å². The highest BCUT2D eigenvalue weighted by molar-refractivity contribution is 5.73. The second-order valence-corrected chi connectivity index (χ2v) is 4.03. The lowest BCUT2D eigenvalue weighted by Gasteiger charge is -2.02. The summed E-state index contributed by atoms with van der Waals surface area (Å²) in [6.45, 7) is 5.16. The highest BCUT2D eigenvalue weighted by Gasteiger charge is 2.58. The second-order valence-electron chi connectivity index (χ2n) is 4.03. The Balaban J connectivity index is 2.46. The molecule has 0 N–H and O–H groups in total. The number of hydrogen-bond acceptors (Lipinski definition) is 4. The van der Waals surface area contributed by atoms with Crippen LogP contribution in [0, 0.1) is 17.3 Å². The Morgan fingerprint density at radius 3 is 2.31 bits per heavy atom. The summed E-state index contributed by atoms with van der Waals surface area (Å²) in [5.41, 5.74) is -0.297. The molecule has 4 nitrogen and oxygen atoms in total. The fraction of sp³-hybridized carbons (Fsp3) is 0.778. The van der Waals surface area contributed by atoms with Crippen LogP contribution >= 0.6 is 0 Å². The molecule has 0 amide bonds. The predicted molar refractivity (Wildman–Crippen MR) is 42.4 cm³/mol. The third-order valence-electron chi connectivity index (χ3n) is 2.77. The largest absolute Gasteiger partial charge is 0.550 e. The van der Waals surface area contributed by atoms with Crippen LogP contribution < -0.4 is 5.11 Å². The van der Waals surface area contributed by atoms with Gasteiger partial charge in [-0.05, 0) is 5.41 Å². The van der Waals surface area contributed by atoms with Crippen molar-refractivity contribution in [2.75, 3.05) is 6.61 Å². The summed E-state index contributed by atoms with van der Waals surface area (Å²) in [6, 6.07) is 0. The molecular weight excluding hydrogens is 172 g/mol. The minimum atomic E-state index is -1.05. The number of rotatable bonds is 3. The van der Waals surface area contributed by atoms with Crippen LogP contribution in [-0.2, 0) is 14.3 Å². The van der Waals surface area contributed by atoms with Crippen LogP contribution in [0.25, 0.3) is 0 Å². The summed E-state index contributed by atoms with van der Waals surface area (Å²) in [5, 5.41) is 10.6. The summed E-state index contributed by atoms with van der Waals surface area (Å²) in [7, 11) is 0. The minimum absolute atomic E-state index is 0.0959. The maximum Gasteiger partial charge on any atom is 0.302 e. The highest BCUT2D eigenvalue weighted by Crippen LogP contribution is 2.57. The molecule has 0 saturated heterocycles. The molecule has 1 aliphatic rings. The first-order chi connectivity index (χ1) is 5.87. The molecule has 2 unspecified atom stereocenters. The van der Waals surface area contributed by atoms with Gasteiger partial charge in [0.2, 0.25) is 0 Å². The van der Waals surface area contributed by atoms with Crippen LogP contribution in [0.15, 0.2) is 0 Å². The first-order valence-electron chi connectivity index (χ1n) is 4.21. The molecule has 0 aromatic carbocycles. The van der Waals surface area contributed by atoms with E-state index in [1.54, 1.807) is 0 Å². The van der Waals surface area contributed by atoms with E-state index in [0.717, 1.165) is 0 Å². The number of carboxylic acid groups (broad SMARTS) is 1. The van der Waals surface area contributed by atoms with Crippen molar-refractivity contribution in [2.24, 2.45) is 17.3 Å². The molecule has 0 spiro atoms. The van der Waals surface area contributed by atoms with Crippen molar-refractivity contribution in [1.29, 1.82) is 0 Å². The van der Waals surface area contributed by atoms with Crippen LogP contribution in [0.1, 0.15) is 20.8 Å². The van der Waals surface area contributed by atoms with E-state index < -0.39 is 11.9 Å². The molecule has 0 bridgehead atoms. The summed E-state index contributed by atoms with van der Waals surface area (Å²) < 4.78 is 4.75. The fourth-order valence-corrected chi connectivity index (χ4v) is 1.73. The Kier molecular flexibility index (Phi) is 2.32. The van der Waals surface area contributed by atoms with Gasteiger partial charge < -0.3 is 14.6 Å². The minimum Gasteiger partial charge on any atom is -0.550 e. The van der Waals surface area contributed by atoms with Crippen molar-refractivity contribution in [3.8, 4) is 0 Å². The third-order valence-corrected chi connectivity index (χ3v) is 2.77. The number of carbonyl (C=O) groups is 2. The van der Waals surface area contributed by atoms with Crippen molar-refractivity contribution in [3.05, 3.63) is 0 Å². The molecule has 0 aromatic rings. The molecule has 2 atom stereocenters. The standard InChI is InChI=1S/C9H14O4/c1-5(10)13-4-6-7(8(11)12)9(6,2)3/h6-7H,4H2,1-3H3,(H,11,12)/p-1. The molecule has 4 heteroatoms.